The van der Waals surface area contributed by atoms with E-state index in [2.05, 4.69) is 0 Å². The summed E-state index contributed by atoms with van der Waals surface area (Å²) in [6, 6.07) is 0. The lowest BCUT2D eigenvalue weighted by atomic mass is 10.2. The lowest BCUT2D eigenvalue weighted by Gasteiger charge is -2.17. The molecular weight excluding hydrogens is 441 g/mol. The minimum absolute atomic E-state index is 0.111. The van der Waals surface area contributed by atoms with Crippen molar-refractivity contribution in [2.24, 2.45) is 25.9 Å². The Hall–Kier alpha value is 0.160. The van der Waals surface area contributed by atoms with Gasteiger partial charge < -0.3 is 9.13 Å². The van der Waals surface area contributed by atoms with Crippen molar-refractivity contribution in [3.05, 3.63) is 31.4 Å². The zero-order valence-electron chi connectivity index (χ0n) is 13.3. The molecule has 0 aliphatic rings. The summed E-state index contributed by atoms with van der Waals surface area (Å²) < 4.78 is -0.829. The minimum atomic E-state index is -1.60. The number of hydrogen-bond donors (Lipinski definition) is 0. The standard InChI is InChI=1S/C14H16Cl6N2O2/c1-7(13(15,16)17)5-9-11(23)22(4)10(12(24)21(9)3)6-8(2)14(18,19)20/h5-8H,1-4H3/b9-5+,10-6+. The van der Waals surface area contributed by atoms with Gasteiger partial charge in [0.15, 0.2) is 7.59 Å². The van der Waals surface area contributed by atoms with Crippen LogP contribution < -0.4 is 21.8 Å². The van der Waals surface area contributed by atoms with Crippen LogP contribution in [0.15, 0.2) is 9.59 Å². The predicted molar refractivity (Wildman–Crippen MR) is 104 cm³/mol. The summed E-state index contributed by atoms with van der Waals surface area (Å²) in [7, 11) is 2.91. The third-order valence-electron chi connectivity index (χ3n) is 3.62. The largest absolute Gasteiger partial charge is 0.306 e. The molecule has 0 spiro atoms. The molecule has 0 N–H and O–H groups in total. The Kier molecular flexibility index (Phi) is 7.22. The number of alkyl halides is 6. The van der Waals surface area contributed by atoms with Crippen LogP contribution in [0, 0.1) is 11.8 Å². The van der Waals surface area contributed by atoms with E-state index in [9.17, 15) is 9.59 Å². The molecule has 1 heterocycles. The first kappa shape index (κ1) is 22.2. The maximum absolute atomic E-state index is 12.6. The Morgan fingerprint density at radius 2 is 1.00 bits per heavy atom. The first-order chi connectivity index (χ1) is 10.7. The maximum Gasteiger partial charge on any atom is 0.274 e. The van der Waals surface area contributed by atoms with Crippen LogP contribution in [0.5, 0.6) is 0 Å². The Bertz CT molecular complexity index is 773. The van der Waals surface area contributed by atoms with Crippen molar-refractivity contribution in [3.8, 4) is 0 Å². The molecule has 0 radical (unpaired) electrons. The van der Waals surface area contributed by atoms with Gasteiger partial charge in [0.2, 0.25) is 0 Å². The van der Waals surface area contributed by atoms with Gasteiger partial charge >= 0.3 is 0 Å². The summed E-state index contributed by atoms with van der Waals surface area (Å²) in [5.41, 5.74) is -0.859. The molecular formula is C14H16Cl6N2O2. The lowest BCUT2D eigenvalue weighted by molar-refractivity contribution is 0.675. The average Bonchev–Trinajstić information content (AvgIpc) is 2.43. The number of rotatable bonds is 2. The van der Waals surface area contributed by atoms with Crippen molar-refractivity contribution in [2.75, 3.05) is 0 Å². The van der Waals surface area contributed by atoms with Crippen LogP contribution >= 0.6 is 69.6 Å². The second-order valence-corrected chi connectivity index (χ2v) is 10.2. The molecule has 0 fully saturated rings. The highest BCUT2D eigenvalue weighted by Crippen LogP contribution is 2.36. The molecule has 2 atom stereocenters. The molecule has 0 aromatic carbocycles. The van der Waals surface area contributed by atoms with Crippen LogP contribution in [0.1, 0.15) is 13.8 Å². The molecule has 1 aromatic heterocycles. The fourth-order valence-corrected chi connectivity index (χ4v) is 2.26. The Morgan fingerprint density at radius 1 is 0.750 bits per heavy atom. The second kappa shape index (κ2) is 7.81. The Balaban J connectivity index is 3.78. The van der Waals surface area contributed by atoms with Gasteiger partial charge in [-0.25, -0.2) is 0 Å². The quantitative estimate of drug-likeness (QED) is 0.642. The van der Waals surface area contributed by atoms with Crippen LogP contribution in [0.25, 0.3) is 12.2 Å². The van der Waals surface area contributed by atoms with E-state index in [1.54, 1.807) is 13.8 Å². The number of aromatic nitrogens is 2. The smallest absolute Gasteiger partial charge is 0.274 e. The number of halogens is 6. The topological polar surface area (TPSA) is 44.0 Å². The highest BCUT2D eigenvalue weighted by atomic mass is 35.6. The molecule has 136 valence electrons. The molecule has 10 heteroatoms. The first-order valence-corrected chi connectivity index (χ1v) is 9.07. The van der Waals surface area contributed by atoms with Gasteiger partial charge in [0.1, 0.15) is 10.7 Å². The zero-order chi connectivity index (χ0) is 19.0. The van der Waals surface area contributed by atoms with Gasteiger partial charge in [0.25, 0.3) is 11.1 Å². The van der Waals surface area contributed by atoms with Crippen LogP contribution in [0.3, 0.4) is 0 Å². The highest BCUT2D eigenvalue weighted by molar-refractivity contribution is 6.68. The molecule has 0 saturated heterocycles. The van der Waals surface area contributed by atoms with Crippen molar-refractivity contribution < 1.29 is 0 Å². The van der Waals surface area contributed by atoms with Crippen LogP contribution in [0.2, 0.25) is 0 Å². The van der Waals surface area contributed by atoms with Crippen LogP contribution in [0.4, 0.5) is 0 Å². The molecule has 0 bridgehead atoms. The molecule has 0 saturated carbocycles. The molecule has 0 amide bonds. The molecule has 4 nitrogen and oxygen atoms in total. The normalized spacial score (nSPS) is 17.2. The molecule has 2 unspecified atom stereocenters. The fourth-order valence-electron chi connectivity index (χ4n) is 1.88. The van der Waals surface area contributed by atoms with E-state index in [0.29, 0.717) is 0 Å². The lowest BCUT2D eigenvalue weighted by Crippen LogP contribution is -2.57. The molecule has 0 aliphatic heterocycles. The SMILES string of the molecule is CC(/C=c1\c(=O)n(C)/c(=C/C(C)C(Cl)(Cl)Cl)c(=O)n1C)C(Cl)(Cl)Cl. The van der Waals surface area contributed by atoms with Crippen molar-refractivity contribution >= 4 is 81.8 Å². The van der Waals surface area contributed by atoms with Crippen LogP contribution in [-0.2, 0) is 14.1 Å². The van der Waals surface area contributed by atoms with E-state index >= 15 is 0 Å². The Morgan fingerprint density at radius 3 is 1.21 bits per heavy atom. The monoisotopic (exact) mass is 454 g/mol. The van der Waals surface area contributed by atoms with Gasteiger partial charge in [-0.1, -0.05) is 83.5 Å². The molecule has 0 aliphatic carbocycles. The third-order valence-corrected chi connectivity index (χ3v) is 5.68. The van der Waals surface area contributed by atoms with Gasteiger partial charge in [0.05, 0.1) is 0 Å². The molecule has 24 heavy (non-hydrogen) atoms. The minimum Gasteiger partial charge on any atom is -0.306 e. The van der Waals surface area contributed by atoms with E-state index in [4.69, 9.17) is 69.6 Å². The summed E-state index contributed by atoms with van der Waals surface area (Å²) in [5.74, 6) is -1.17. The number of hydrogen-bond acceptors (Lipinski definition) is 2. The highest BCUT2D eigenvalue weighted by Gasteiger charge is 2.28. The van der Waals surface area contributed by atoms with Gasteiger partial charge in [-0.3, -0.25) is 9.59 Å². The fraction of sp³-hybridized carbons (Fsp3) is 0.571. The number of nitrogens with zero attached hydrogens (tertiary/aromatic N) is 2. The van der Waals surface area contributed by atoms with E-state index < -0.39 is 30.5 Å². The van der Waals surface area contributed by atoms with E-state index in [0.717, 1.165) is 0 Å². The first-order valence-electron chi connectivity index (χ1n) is 6.81. The van der Waals surface area contributed by atoms with Crippen molar-refractivity contribution in [1.82, 2.24) is 9.13 Å². The van der Waals surface area contributed by atoms with Gasteiger partial charge in [-0.2, -0.15) is 0 Å². The summed E-state index contributed by atoms with van der Waals surface area (Å²) in [4.78, 5) is 25.2. The van der Waals surface area contributed by atoms with Crippen LogP contribution in [-0.4, -0.2) is 16.7 Å². The summed E-state index contributed by atoms with van der Waals surface area (Å²) in [6.45, 7) is 3.25. The van der Waals surface area contributed by atoms with E-state index in [-0.39, 0.29) is 10.7 Å². The van der Waals surface area contributed by atoms with E-state index in [1.807, 2.05) is 0 Å². The molecule has 1 rings (SSSR count). The van der Waals surface area contributed by atoms with Crippen molar-refractivity contribution in [1.29, 1.82) is 0 Å². The maximum atomic E-state index is 12.6. The van der Waals surface area contributed by atoms with Gasteiger partial charge in [0, 0.05) is 25.9 Å². The third kappa shape index (κ3) is 5.09. The van der Waals surface area contributed by atoms with Gasteiger partial charge in [-0.05, 0) is 12.2 Å². The molecule has 1 aromatic rings. The predicted octanol–water partition coefficient (Wildman–Crippen LogP) is 2.66. The second-order valence-electron chi connectivity index (χ2n) is 5.49. The van der Waals surface area contributed by atoms with Crippen molar-refractivity contribution in [3.63, 3.8) is 0 Å². The Labute approximate surface area is 169 Å². The van der Waals surface area contributed by atoms with E-state index in [1.165, 1.54) is 35.4 Å². The zero-order valence-corrected chi connectivity index (χ0v) is 17.8. The summed E-state index contributed by atoms with van der Waals surface area (Å²) in [6.07, 6.45) is 2.89. The summed E-state index contributed by atoms with van der Waals surface area (Å²) in [5, 5.41) is 0.222. The van der Waals surface area contributed by atoms with Gasteiger partial charge in [-0.15, -0.1) is 0 Å². The van der Waals surface area contributed by atoms with Crippen molar-refractivity contribution in [2.45, 2.75) is 21.4 Å². The summed E-state index contributed by atoms with van der Waals surface area (Å²) >= 11 is 34.9. The average molecular weight is 457 g/mol.